The molecule has 5 heteroatoms. The molecule has 0 saturated heterocycles. The zero-order valence-corrected chi connectivity index (χ0v) is 12.7. The maximum Gasteiger partial charge on any atom is 0.156 e. The number of benzene rings is 2. The van der Waals surface area contributed by atoms with Gasteiger partial charge >= 0.3 is 0 Å². The van der Waals surface area contributed by atoms with Crippen LogP contribution in [0, 0.1) is 0 Å². The fourth-order valence-electron chi connectivity index (χ4n) is 2.38. The monoisotopic (exact) mass is 294 g/mol. The summed E-state index contributed by atoms with van der Waals surface area (Å²) in [4.78, 5) is 0. The zero-order chi connectivity index (χ0) is 15.5. The Morgan fingerprint density at radius 1 is 1.09 bits per heavy atom. The molecule has 112 valence electrons. The average molecular weight is 294 g/mol. The Labute approximate surface area is 129 Å². The van der Waals surface area contributed by atoms with E-state index >= 15 is 0 Å². The van der Waals surface area contributed by atoms with Crippen molar-refractivity contribution in [1.82, 2.24) is 15.0 Å². The van der Waals surface area contributed by atoms with E-state index in [-0.39, 0.29) is 0 Å². The van der Waals surface area contributed by atoms with Crippen molar-refractivity contribution in [1.29, 1.82) is 0 Å². The Hall–Kier alpha value is -2.82. The molecular weight excluding hydrogens is 276 g/mol. The van der Waals surface area contributed by atoms with Crippen LogP contribution in [0.1, 0.15) is 12.5 Å². The summed E-state index contributed by atoms with van der Waals surface area (Å²) in [7, 11) is 1.63. The molecule has 5 nitrogen and oxygen atoms in total. The number of nitrogen functional groups attached to an aromatic ring is 1. The van der Waals surface area contributed by atoms with Crippen molar-refractivity contribution in [2.45, 2.75) is 13.3 Å². The highest BCUT2D eigenvalue weighted by molar-refractivity contribution is 5.75. The van der Waals surface area contributed by atoms with E-state index in [2.05, 4.69) is 29.4 Å². The van der Waals surface area contributed by atoms with Gasteiger partial charge in [0.25, 0.3) is 0 Å². The minimum absolute atomic E-state index is 0.494. The van der Waals surface area contributed by atoms with E-state index in [1.165, 1.54) is 5.56 Å². The Kier molecular flexibility index (Phi) is 3.78. The lowest BCUT2D eigenvalue weighted by atomic mass is 10.1. The van der Waals surface area contributed by atoms with Crippen LogP contribution in [-0.2, 0) is 6.42 Å². The molecule has 0 aliphatic rings. The second kappa shape index (κ2) is 5.89. The highest BCUT2D eigenvalue weighted by atomic mass is 16.5. The summed E-state index contributed by atoms with van der Waals surface area (Å²) in [6.07, 6.45) is 1.000. The maximum atomic E-state index is 6.24. The van der Waals surface area contributed by atoms with Crippen molar-refractivity contribution >= 4 is 5.82 Å². The lowest BCUT2D eigenvalue weighted by Crippen LogP contribution is -2.02. The first-order chi connectivity index (χ1) is 10.7. The first-order valence-corrected chi connectivity index (χ1v) is 7.18. The van der Waals surface area contributed by atoms with Crippen LogP contribution < -0.4 is 10.5 Å². The summed E-state index contributed by atoms with van der Waals surface area (Å²) < 4.78 is 7.01. The highest BCUT2D eigenvalue weighted by Gasteiger charge is 2.16. The first-order valence-electron chi connectivity index (χ1n) is 7.18. The molecule has 1 heterocycles. The van der Waals surface area contributed by atoms with Crippen molar-refractivity contribution in [2.75, 3.05) is 12.8 Å². The van der Waals surface area contributed by atoms with Gasteiger partial charge in [0, 0.05) is 5.56 Å². The lowest BCUT2D eigenvalue weighted by molar-refractivity contribution is 0.416. The van der Waals surface area contributed by atoms with Gasteiger partial charge in [-0.25, -0.2) is 0 Å². The normalized spacial score (nSPS) is 10.6. The fraction of sp³-hybridized carbons (Fsp3) is 0.176. The highest BCUT2D eigenvalue weighted by Crippen LogP contribution is 2.32. The number of anilines is 1. The summed E-state index contributed by atoms with van der Waals surface area (Å²) in [5.74, 6) is 1.22. The van der Waals surface area contributed by atoms with Gasteiger partial charge in [-0.2, -0.15) is 4.68 Å². The van der Waals surface area contributed by atoms with Gasteiger partial charge in [-0.05, 0) is 36.2 Å². The number of hydrogen-bond acceptors (Lipinski definition) is 4. The Morgan fingerprint density at radius 2 is 1.82 bits per heavy atom. The van der Waals surface area contributed by atoms with Gasteiger partial charge in [-0.15, -0.1) is 5.10 Å². The van der Waals surface area contributed by atoms with E-state index in [9.17, 15) is 0 Å². The molecule has 22 heavy (non-hydrogen) atoms. The van der Waals surface area contributed by atoms with Crippen LogP contribution >= 0.6 is 0 Å². The van der Waals surface area contributed by atoms with E-state index < -0.39 is 0 Å². The zero-order valence-electron chi connectivity index (χ0n) is 12.7. The molecule has 3 rings (SSSR count). The molecule has 1 aromatic heterocycles. The molecule has 0 spiro atoms. The van der Waals surface area contributed by atoms with Gasteiger partial charge in [0.05, 0.1) is 12.8 Å². The van der Waals surface area contributed by atoms with E-state index in [1.54, 1.807) is 11.8 Å². The number of aryl methyl sites for hydroxylation is 1. The van der Waals surface area contributed by atoms with Crippen molar-refractivity contribution in [3.05, 3.63) is 54.1 Å². The van der Waals surface area contributed by atoms with Crippen LogP contribution in [-0.4, -0.2) is 22.1 Å². The van der Waals surface area contributed by atoms with Crippen LogP contribution in [0.5, 0.6) is 5.75 Å². The molecule has 0 radical (unpaired) electrons. The number of hydrogen-bond donors (Lipinski definition) is 1. The summed E-state index contributed by atoms with van der Waals surface area (Å²) in [5.41, 5.74) is 9.86. The number of methoxy groups -OCH3 is 1. The molecular formula is C17H18N4O. The van der Waals surface area contributed by atoms with Crippen molar-refractivity contribution < 1.29 is 4.74 Å². The van der Waals surface area contributed by atoms with E-state index in [4.69, 9.17) is 10.5 Å². The molecule has 0 fully saturated rings. The summed E-state index contributed by atoms with van der Waals surface area (Å²) >= 11 is 0. The molecule has 0 unspecified atom stereocenters. The standard InChI is InChI=1S/C17H18N4O/c1-3-12-8-10-13(11-9-12)21-17(18)16(19-20-21)14-6-4-5-7-15(14)22-2/h4-11H,3,18H2,1-2H3. The maximum absolute atomic E-state index is 6.24. The number of ether oxygens (including phenoxy) is 1. The molecule has 2 aromatic carbocycles. The molecule has 0 atom stereocenters. The number of nitrogens with zero attached hydrogens (tertiary/aromatic N) is 3. The Bertz CT molecular complexity index is 778. The minimum Gasteiger partial charge on any atom is -0.496 e. The third kappa shape index (κ3) is 2.41. The molecule has 0 saturated carbocycles. The quantitative estimate of drug-likeness (QED) is 0.803. The molecule has 0 aliphatic heterocycles. The van der Waals surface area contributed by atoms with Crippen LogP contribution in [0.25, 0.3) is 16.9 Å². The molecule has 0 bridgehead atoms. The minimum atomic E-state index is 0.494. The van der Waals surface area contributed by atoms with Crippen molar-refractivity contribution in [2.24, 2.45) is 0 Å². The number of para-hydroxylation sites is 1. The van der Waals surface area contributed by atoms with E-state index in [0.29, 0.717) is 11.5 Å². The second-order valence-corrected chi connectivity index (χ2v) is 4.96. The Morgan fingerprint density at radius 3 is 2.50 bits per heavy atom. The van der Waals surface area contributed by atoms with Gasteiger partial charge < -0.3 is 10.5 Å². The predicted octanol–water partition coefficient (Wildman–Crippen LogP) is 3.09. The molecule has 0 aliphatic carbocycles. The largest absolute Gasteiger partial charge is 0.496 e. The predicted molar refractivity (Wildman–Crippen MR) is 87.1 cm³/mol. The number of rotatable bonds is 4. The lowest BCUT2D eigenvalue weighted by Gasteiger charge is -2.07. The Balaban J connectivity index is 2.04. The number of aromatic nitrogens is 3. The van der Waals surface area contributed by atoms with E-state index in [0.717, 1.165) is 23.4 Å². The van der Waals surface area contributed by atoms with E-state index in [1.807, 2.05) is 36.4 Å². The van der Waals surface area contributed by atoms with Crippen molar-refractivity contribution in [3.8, 4) is 22.7 Å². The number of nitrogens with two attached hydrogens (primary N) is 1. The van der Waals surface area contributed by atoms with Gasteiger partial charge in [0.1, 0.15) is 11.4 Å². The summed E-state index contributed by atoms with van der Waals surface area (Å²) in [6.45, 7) is 2.12. The van der Waals surface area contributed by atoms with Crippen molar-refractivity contribution in [3.63, 3.8) is 0 Å². The fourth-order valence-corrected chi connectivity index (χ4v) is 2.38. The topological polar surface area (TPSA) is 66.0 Å². The van der Waals surface area contributed by atoms with Gasteiger partial charge in [0.15, 0.2) is 5.82 Å². The van der Waals surface area contributed by atoms with Crippen LogP contribution in [0.2, 0.25) is 0 Å². The van der Waals surface area contributed by atoms with Gasteiger partial charge in [-0.1, -0.05) is 36.4 Å². The van der Waals surface area contributed by atoms with Gasteiger partial charge in [0.2, 0.25) is 0 Å². The SMILES string of the molecule is CCc1ccc(-n2nnc(-c3ccccc3OC)c2N)cc1. The molecule has 3 aromatic rings. The molecule has 2 N–H and O–H groups in total. The third-order valence-corrected chi connectivity index (χ3v) is 3.66. The second-order valence-electron chi connectivity index (χ2n) is 4.96. The van der Waals surface area contributed by atoms with Crippen LogP contribution in [0.4, 0.5) is 5.82 Å². The molecule has 0 amide bonds. The average Bonchev–Trinajstić information content (AvgIpc) is 2.96. The van der Waals surface area contributed by atoms with Crippen LogP contribution in [0.3, 0.4) is 0 Å². The first kappa shape index (κ1) is 14.1. The summed E-state index contributed by atoms with van der Waals surface area (Å²) in [5, 5.41) is 8.40. The van der Waals surface area contributed by atoms with Crippen LogP contribution in [0.15, 0.2) is 48.5 Å². The van der Waals surface area contributed by atoms with Gasteiger partial charge in [-0.3, -0.25) is 0 Å². The third-order valence-electron chi connectivity index (χ3n) is 3.66. The summed E-state index contributed by atoms with van der Waals surface area (Å²) in [6, 6.07) is 15.8. The smallest absolute Gasteiger partial charge is 0.156 e.